The van der Waals surface area contributed by atoms with Gasteiger partial charge in [0.15, 0.2) is 0 Å². The van der Waals surface area contributed by atoms with Gasteiger partial charge in [-0.2, -0.15) is 0 Å². The van der Waals surface area contributed by atoms with Crippen molar-refractivity contribution in [3.8, 4) is 5.75 Å². The molecule has 1 saturated carbocycles. The standard InChI is InChI=1S/C29H35FN4O4/c1-19-2-3-20-14-21(31-17-25(20)38-19)15-33-28-8-10-29(11-9-28,37-18-28)7-6-22-23(30)16-32-24-4-5-26(36)34(12-13-35)27(22)24/h4-5,14,16-17,19,33,35H,2-3,6-13,15,18H2,1H3/t19-,28?,29?/m0/s1. The number of aliphatic hydroxyl groups is 1. The van der Waals surface area contributed by atoms with E-state index in [1.165, 1.54) is 22.4 Å². The summed E-state index contributed by atoms with van der Waals surface area (Å²) in [7, 11) is 0. The molecule has 2 bridgehead atoms. The van der Waals surface area contributed by atoms with Gasteiger partial charge in [0.2, 0.25) is 0 Å². The second kappa shape index (κ2) is 10.0. The molecule has 8 nitrogen and oxygen atoms in total. The van der Waals surface area contributed by atoms with Crippen molar-refractivity contribution in [1.82, 2.24) is 19.9 Å². The molecule has 0 spiro atoms. The van der Waals surface area contributed by atoms with Crippen LogP contribution < -0.4 is 15.6 Å². The number of ether oxygens (including phenoxy) is 2. The lowest BCUT2D eigenvalue weighted by molar-refractivity contribution is -0.165. The lowest BCUT2D eigenvalue weighted by Crippen LogP contribution is -2.61. The summed E-state index contributed by atoms with van der Waals surface area (Å²) in [5.74, 6) is 0.479. The van der Waals surface area contributed by atoms with Crippen LogP contribution in [0.3, 0.4) is 0 Å². The Hall–Kier alpha value is -2.88. The molecular formula is C29H35FN4O4. The van der Waals surface area contributed by atoms with E-state index >= 15 is 4.39 Å². The molecular weight excluding hydrogens is 487 g/mol. The Morgan fingerprint density at radius 1 is 1.21 bits per heavy atom. The van der Waals surface area contributed by atoms with Crippen molar-refractivity contribution in [2.24, 2.45) is 0 Å². The molecule has 3 aliphatic heterocycles. The van der Waals surface area contributed by atoms with Gasteiger partial charge in [0, 0.05) is 30.3 Å². The molecule has 2 N–H and O–H groups in total. The van der Waals surface area contributed by atoms with Crippen molar-refractivity contribution >= 4 is 11.0 Å². The highest BCUT2D eigenvalue weighted by molar-refractivity contribution is 5.78. The van der Waals surface area contributed by atoms with Crippen LogP contribution in [0.1, 0.15) is 62.3 Å². The van der Waals surface area contributed by atoms with Crippen molar-refractivity contribution in [3.05, 3.63) is 63.6 Å². The summed E-state index contributed by atoms with van der Waals surface area (Å²) >= 11 is 0. The number of aryl methyl sites for hydroxylation is 2. The Balaban J connectivity index is 1.12. The minimum absolute atomic E-state index is 0.0689. The minimum atomic E-state index is -0.425. The van der Waals surface area contributed by atoms with Crippen molar-refractivity contribution in [2.45, 2.75) is 88.6 Å². The van der Waals surface area contributed by atoms with Crippen LogP contribution >= 0.6 is 0 Å². The summed E-state index contributed by atoms with van der Waals surface area (Å²) in [6.45, 7) is 3.30. The van der Waals surface area contributed by atoms with Gasteiger partial charge in [-0.1, -0.05) is 0 Å². The summed E-state index contributed by atoms with van der Waals surface area (Å²) in [6, 6.07) is 5.19. The van der Waals surface area contributed by atoms with Crippen LogP contribution in [0.4, 0.5) is 4.39 Å². The molecule has 3 aromatic rings. The molecule has 7 rings (SSSR count). The number of halogens is 1. The van der Waals surface area contributed by atoms with Gasteiger partial charge in [-0.15, -0.1) is 0 Å². The number of rotatable bonds is 8. The summed E-state index contributed by atoms with van der Waals surface area (Å²) in [6.07, 6.45) is 10.3. The van der Waals surface area contributed by atoms with Crippen molar-refractivity contribution in [1.29, 1.82) is 0 Å². The van der Waals surface area contributed by atoms with Gasteiger partial charge in [-0.25, -0.2) is 4.39 Å². The first-order valence-corrected chi connectivity index (χ1v) is 13.7. The highest BCUT2D eigenvalue weighted by atomic mass is 19.1. The smallest absolute Gasteiger partial charge is 0.251 e. The average molecular weight is 523 g/mol. The summed E-state index contributed by atoms with van der Waals surface area (Å²) < 4.78 is 28.8. The van der Waals surface area contributed by atoms with Gasteiger partial charge in [0.1, 0.15) is 11.6 Å². The van der Waals surface area contributed by atoms with E-state index in [-0.39, 0.29) is 36.0 Å². The second-order valence-corrected chi connectivity index (χ2v) is 11.2. The Labute approximate surface area is 221 Å². The maximum absolute atomic E-state index is 15.0. The Morgan fingerprint density at radius 3 is 2.82 bits per heavy atom. The largest absolute Gasteiger partial charge is 0.489 e. The first-order chi connectivity index (χ1) is 18.4. The minimum Gasteiger partial charge on any atom is -0.489 e. The van der Waals surface area contributed by atoms with Crippen LogP contribution in [0, 0.1) is 5.82 Å². The average Bonchev–Trinajstić information content (AvgIpc) is 2.94. The summed E-state index contributed by atoms with van der Waals surface area (Å²) in [4.78, 5) is 21.3. The fourth-order valence-electron chi connectivity index (χ4n) is 6.38. The fraction of sp³-hybridized carbons (Fsp3) is 0.552. The van der Waals surface area contributed by atoms with E-state index in [1.807, 2.05) is 6.20 Å². The summed E-state index contributed by atoms with van der Waals surface area (Å²) in [5.41, 5.74) is 3.13. The molecule has 2 saturated heterocycles. The van der Waals surface area contributed by atoms with Crippen molar-refractivity contribution in [2.75, 3.05) is 13.2 Å². The van der Waals surface area contributed by atoms with Crippen LogP contribution in [-0.4, -0.2) is 50.1 Å². The molecule has 3 aromatic heterocycles. The number of nitrogens with one attached hydrogen (secondary N) is 1. The molecule has 4 aliphatic rings. The first kappa shape index (κ1) is 25.4. The zero-order chi connectivity index (χ0) is 26.3. The zero-order valence-electron chi connectivity index (χ0n) is 21.8. The predicted molar refractivity (Wildman–Crippen MR) is 141 cm³/mol. The molecule has 0 radical (unpaired) electrons. The van der Waals surface area contributed by atoms with Crippen LogP contribution in [0.5, 0.6) is 5.75 Å². The monoisotopic (exact) mass is 522 g/mol. The normalized spacial score (nSPS) is 26.3. The van der Waals surface area contributed by atoms with E-state index in [2.05, 4.69) is 28.3 Å². The lowest BCUT2D eigenvalue weighted by Gasteiger charge is -2.53. The van der Waals surface area contributed by atoms with E-state index in [0.717, 1.165) is 50.0 Å². The van der Waals surface area contributed by atoms with Crippen LogP contribution in [0.25, 0.3) is 11.0 Å². The second-order valence-electron chi connectivity index (χ2n) is 11.2. The van der Waals surface area contributed by atoms with Crippen LogP contribution in [0.2, 0.25) is 0 Å². The maximum atomic E-state index is 15.0. The quantitative estimate of drug-likeness (QED) is 0.468. The van der Waals surface area contributed by atoms with Gasteiger partial charge in [-0.05, 0) is 76.0 Å². The number of hydrogen-bond acceptors (Lipinski definition) is 7. The van der Waals surface area contributed by atoms with Gasteiger partial charge >= 0.3 is 0 Å². The molecule has 3 fully saturated rings. The highest BCUT2D eigenvalue weighted by Crippen LogP contribution is 2.46. The number of fused-ring (bicyclic) bond motifs is 5. The molecule has 0 aromatic carbocycles. The molecule has 1 atom stereocenters. The maximum Gasteiger partial charge on any atom is 0.251 e. The zero-order valence-corrected chi connectivity index (χ0v) is 21.8. The number of aliphatic hydroxyl groups excluding tert-OH is 1. The van der Waals surface area contributed by atoms with Crippen LogP contribution in [0.15, 0.2) is 35.4 Å². The van der Waals surface area contributed by atoms with E-state index < -0.39 is 5.82 Å². The topological polar surface area (TPSA) is 98.5 Å². The summed E-state index contributed by atoms with van der Waals surface area (Å²) in [5, 5.41) is 13.2. The lowest BCUT2D eigenvalue weighted by atomic mass is 9.69. The third-order valence-corrected chi connectivity index (χ3v) is 8.78. The molecule has 1 aliphatic carbocycles. The number of nitrogens with zero attached hydrogens (tertiary/aromatic N) is 3. The number of pyridine rings is 3. The Kier molecular flexibility index (Phi) is 6.70. The SMILES string of the molecule is C[C@H]1CCc2cc(CNC34CCC(CCc5c(F)cnc6ccc(=O)n(CCO)c56)(CC3)OC4)ncc2O1. The van der Waals surface area contributed by atoms with E-state index in [0.29, 0.717) is 42.6 Å². The fourth-order valence-corrected chi connectivity index (χ4v) is 6.38. The van der Waals surface area contributed by atoms with Crippen molar-refractivity contribution in [3.63, 3.8) is 0 Å². The molecule has 38 heavy (non-hydrogen) atoms. The highest BCUT2D eigenvalue weighted by Gasteiger charge is 2.49. The van der Waals surface area contributed by atoms with Crippen LogP contribution in [-0.2, 0) is 30.7 Å². The molecule has 0 amide bonds. The van der Waals surface area contributed by atoms with E-state index in [1.54, 1.807) is 6.07 Å². The van der Waals surface area contributed by atoms with Gasteiger partial charge in [0.25, 0.3) is 5.56 Å². The third kappa shape index (κ3) is 4.72. The third-order valence-electron chi connectivity index (χ3n) is 8.78. The van der Waals surface area contributed by atoms with Gasteiger partial charge in [-0.3, -0.25) is 14.8 Å². The van der Waals surface area contributed by atoms with Gasteiger partial charge in [0.05, 0.1) is 54.0 Å². The Bertz CT molecular complexity index is 1380. The van der Waals surface area contributed by atoms with E-state index in [4.69, 9.17) is 9.47 Å². The molecule has 202 valence electrons. The number of aromatic nitrogens is 3. The number of hydrogen-bond donors (Lipinski definition) is 2. The Morgan fingerprint density at radius 2 is 2.05 bits per heavy atom. The first-order valence-electron chi connectivity index (χ1n) is 13.7. The van der Waals surface area contributed by atoms with Gasteiger partial charge < -0.3 is 24.5 Å². The molecule has 6 heterocycles. The molecule has 0 unspecified atom stereocenters. The van der Waals surface area contributed by atoms with E-state index in [9.17, 15) is 9.90 Å². The molecule has 9 heteroatoms. The predicted octanol–water partition coefficient (Wildman–Crippen LogP) is 3.44. The van der Waals surface area contributed by atoms with Crippen molar-refractivity contribution < 1.29 is 19.0 Å².